The average Bonchev–Trinajstić information content (AvgIpc) is 2.36. The second-order valence-corrected chi connectivity index (χ2v) is 4.61. The fourth-order valence-electron chi connectivity index (χ4n) is 1.56. The standard InChI is InChI=1S/C14H14ClN3O/c1-9-3-4-11(7-13(9)15)18-14-6-5-12(8-16-14)17-10(2)19/h3-8H,1-2H3,(H,16,18)(H,17,19). The van der Waals surface area contributed by atoms with Crippen molar-refractivity contribution in [3.63, 3.8) is 0 Å². The van der Waals surface area contributed by atoms with Gasteiger partial charge in [-0.25, -0.2) is 4.98 Å². The van der Waals surface area contributed by atoms with Crippen LogP contribution in [-0.4, -0.2) is 10.9 Å². The lowest BCUT2D eigenvalue weighted by atomic mass is 10.2. The van der Waals surface area contributed by atoms with Crippen molar-refractivity contribution in [2.75, 3.05) is 10.6 Å². The zero-order chi connectivity index (χ0) is 13.8. The van der Waals surface area contributed by atoms with Crippen molar-refractivity contribution >= 4 is 34.7 Å². The SMILES string of the molecule is CC(=O)Nc1ccc(Nc2ccc(C)c(Cl)c2)nc1. The summed E-state index contributed by atoms with van der Waals surface area (Å²) in [5.74, 6) is 0.571. The third-order valence-corrected chi connectivity index (χ3v) is 2.94. The minimum absolute atomic E-state index is 0.118. The Balaban J connectivity index is 2.10. The molecule has 0 radical (unpaired) electrons. The number of hydrogen-bond donors (Lipinski definition) is 2. The van der Waals surface area contributed by atoms with Crippen molar-refractivity contribution in [3.8, 4) is 0 Å². The lowest BCUT2D eigenvalue weighted by Crippen LogP contribution is -2.06. The maximum absolute atomic E-state index is 10.9. The van der Waals surface area contributed by atoms with Crippen LogP contribution < -0.4 is 10.6 Å². The van der Waals surface area contributed by atoms with Gasteiger partial charge >= 0.3 is 0 Å². The molecule has 2 rings (SSSR count). The number of aryl methyl sites for hydroxylation is 1. The first-order chi connectivity index (χ1) is 9.04. The first kappa shape index (κ1) is 13.4. The third-order valence-electron chi connectivity index (χ3n) is 2.53. The number of nitrogens with one attached hydrogen (secondary N) is 2. The number of rotatable bonds is 3. The molecular weight excluding hydrogens is 262 g/mol. The van der Waals surface area contributed by atoms with Crippen molar-refractivity contribution in [2.45, 2.75) is 13.8 Å². The molecule has 5 heteroatoms. The quantitative estimate of drug-likeness (QED) is 0.897. The summed E-state index contributed by atoms with van der Waals surface area (Å²) in [6.45, 7) is 3.41. The number of carbonyl (C=O) groups excluding carboxylic acids is 1. The minimum Gasteiger partial charge on any atom is -0.340 e. The van der Waals surface area contributed by atoms with Gasteiger partial charge in [-0.1, -0.05) is 17.7 Å². The molecule has 0 unspecified atom stereocenters. The van der Waals surface area contributed by atoms with Crippen molar-refractivity contribution in [1.82, 2.24) is 4.98 Å². The van der Waals surface area contributed by atoms with E-state index in [9.17, 15) is 4.79 Å². The molecule has 1 heterocycles. The van der Waals surface area contributed by atoms with E-state index < -0.39 is 0 Å². The number of aromatic nitrogens is 1. The largest absolute Gasteiger partial charge is 0.340 e. The summed E-state index contributed by atoms with van der Waals surface area (Å²) in [7, 11) is 0. The van der Waals surface area contributed by atoms with Gasteiger partial charge < -0.3 is 10.6 Å². The predicted molar refractivity (Wildman–Crippen MR) is 78.0 cm³/mol. The number of nitrogens with zero attached hydrogens (tertiary/aromatic N) is 1. The molecule has 0 atom stereocenters. The van der Waals surface area contributed by atoms with Gasteiger partial charge in [-0.2, -0.15) is 0 Å². The maximum atomic E-state index is 10.9. The van der Waals surface area contributed by atoms with Crippen LogP contribution in [0.5, 0.6) is 0 Å². The van der Waals surface area contributed by atoms with Crippen LogP contribution in [0.4, 0.5) is 17.2 Å². The Morgan fingerprint density at radius 2 is 1.95 bits per heavy atom. The van der Waals surface area contributed by atoms with Gasteiger partial charge in [-0.15, -0.1) is 0 Å². The van der Waals surface area contributed by atoms with E-state index >= 15 is 0 Å². The van der Waals surface area contributed by atoms with Crippen LogP contribution in [0.3, 0.4) is 0 Å². The summed E-state index contributed by atoms with van der Waals surface area (Å²) in [5.41, 5.74) is 2.57. The number of amides is 1. The molecule has 2 N–H and O–H groups in total. The van der Waals surface area contributed by atoms with E-state index in [1.165, 1.54) is 6.92 Å². The van der Waals surface area contributed by atoms with E-state index in [1.807, 2.05) is 25.1 Å². The molecule has 19 heavy (non-hydrogen) atoms. The number of carbonyl (C=O) groups is 1. The molecule has 0 saturated heterocycles. The molecule has 1 amide bonds. The molecule has 2 aromatic rings. The molecule has 0 fully saturated rings. The van der Waals surface area contributed by atoms with Crippen molar-refractivity contribution in [2.24, 2.45) is 0 Å². The van der Waals surface area contributed by atoms with Gasteiger partial charge in [0.2, 0.25) is 5.91 Å². The highest BCUT2D eigenvalue weighted by molar-refractivity contribution is 6.31. The zero-order valence-electron chi connectivity index (χ0n) is 10.7. The Bertz CT molecular complexity index is 596. The lowest BCUT2D eigenvalue weighted by Gasteiger charge is -2.08. The Hall–Kier alpha value is -2.07. The number of benzene rings is 1. The highest BCUT2D eigenvalue weighted by atomic mass is 35.5. The summed E-state index contributed by atoms with van der Waals surface area (Å²) in [4.78, 5) is 15.1. The van der Waals surface area contributed by atoms with Gasteiger partial charge in [0, 0.05) is 17.6 Å². The summed E-state index contributed by atoms with van der Waals surface area (Å²) in [6.07, 6.45) is 1.60. The van der Waals surface area contributed by atoms with Crippen LogP contribution in [0.2, 0.25) is 5.02 Å². The van der Waals surface area contributed by atoms with Gasteiger partial charge in [-0.3, -0.25) is 4.79 Å². The van der Waals surface area contributed by atoms with Crippen molar-refractivity contribution in [1.29, 1.82) is 0 Å². The van der Waals surface area contributed by atoms with Crippen LogP contribution in [0.15, 0.2) is 36.5 Å². The van der Waals surface area contributed by atoms with E-state index in [2.05, 4.69) is 15.6 Å². The molecular formula is C14H14ClN3O. The summed E-state index contributed by atoms with van der Waals surface area (Å²) >= 11 is 6.05. The Morgan fingerprint density at radius 1 is 1.21 bits per heavy atom. The van der Waals surface area contributed by atoms with Crippen LogP contribution in [0, 0.1) is 6.92 Å². The number of pyridine rings is 1. The molecule has 1 aromatic carbocycles. The van der Waals surface area contributed by atoms with E-state index in [0.29, 0.717) is 16.5 Å². The lowest BCUT2D eigenvalue weighted by molar-refractivity contribution is -0.114. The van der Waals surface area contributed by atoms with Crippen LogP contribution in [-0.2, 0) is 4.79 Å². The molecule has 1 aromatic heterocycles. The van der Waals surface area contributed by atoms with E-state index in [4.69, 9.17) is 11.6 Å². The summed E-state index contributed by atoms with van der Waals surface area (Å²) in [6, 6.07) is 9.30. The monoisotopic (exact) mass is 275 g/mol. The average molecular weight is 276 g/mol. The van der Waals surface area contributed by atoms with E-state index in [0.717, 1.165) is 11.3 Å². The second-order valence-electron chi connectivity index (χ2n) is 4.20. The number of halogens is 1. The smallest absolute Gasteiger partial charge is 0.221 e. The molecule has 4 nitrogen and oxygen atoms in total. The van der Waals surface area contributed by atoms with Gasteiger partial charge in [0.15, 0.2) is 0 Å². The summed E-state index contributed by atoms with van der Waals surface area (Å²) in [5, 5.41) is 6.51. The molecule has 0 bridgehead atoms. The molecule has 0 aliphatic rings. The Labute approximate surface area is 116 Å². The van der Waals surface area contributed by atoms with Crippen LogP contribution in [0.1, 0.15) is 12.5 Å². The number of hydrogen-bond acceptors (Lipinski definition) is 3. The normalized spacial score (nSPS) is 10.1. The maximum Gasteiger partial charge on any atom is 0.221 e. The molecule has 98 valence electrons. The first-order valence-corrected chi connectivity index (χ1v) is 6.19. The van der Waals surface area contributed by atoms with E-state index in [-0.39, 0.29) is 5.91 Å². The fourth-order valence-corrected chi connectivity index (χ4v) is 1.74. The first-order valence-electron chi connectivity index (χ1n) is 5.81. The van der Waals surface area contributed by atoms with Crippen LogP contribution in [0.25, 0.3) is 0 Å². The van der Waals surface area contributed by atoms with Gasteiger partial charge in [-0.05, 0) is 36.8 Å². The third kappa shape index (κ3) is 3.69. The number of anilines is 3. The van der Waals surface area contributed by atoms with Gasteiger partial charge in [0.05, 0.1) is 11.9 Å². The van der Waals surface area contributed by atoms with Crippen molar-refractivity contribution < 1.29 is 4.79 Å². The van der Waals surface area contributed by atoms with Gasteiger partial charge in [0.25, 0.3) is 0 Å². The highest BCUT2D eigenvalue weighted by Gasteiger charge is 2.00. The second kappa shape index (κ2) is 5.71. The van der Waals surface area contributed by atoms with Gasteiger partial charge in [0.1, 0.15) is 5.82 Å². The summed E-state index contributed by atoms with van der Waals surface area (Å²) < 4.78 is 0. The van der Waals surface area contributed by atoms with Crippen molar-refractivity contribution in [3.05, 3.63) is 47.1 Å². The topological polar surface area (TPSA) is 54.0 Å². The highest BCUT2D eigenvalue weighted by Crippen LogP contribution is 2.22. The molecule has 0 aliphatic carbocycles. The Morgan fingerprint density at radius 3 is 2.53 bits per heavy atom. The van der Waals surface area contributed by atoms with E-state index in [1.54, 1.807) is 18.3 Å². The zero-order valence-corrected chi connectivity index (χ0v) is 11.5. The molecule has 0 saturated carbocycles. The minimum atomic E-state index is -0.118. The Kier molecular flexibility index (Phi) is 4.02. The predicted octanol–water partition coefficient (Wildman–Crippen LogP) is 3.75. The molecule has 0 aliphatic heterocycles. The fraction of sp³-hybridized carbons (Fsp3) is 0.143. The van der Waals surface area contributed by atoms with Crippen LogP contribution >= 0.6 is 11.6 Å². The molecule has 0 spiro atoms.